The summed E-state index contributed by atoms with van der Waals surface area (Å²) in [5.41, 5.74) is 8.56. The van der Waals surface area contributed by atoms with Gasteiger partial charge in [0.25, 0.3) is 0 Å². The molecule has 0 spiro atoms. The lowest BCUT2D eigenvalue weighted by Crippen LogP contribution is -2.10. The van der Waals surface area contributed by atoms with Gasteiger partial charge in [-0.25, -0.2) is 0 Å². The van der Waals surface area contributed by atoms with Crippen LogP contribution in [0.15, 0.2) is 164 Å². The number of hydrogen-bond donors (Lipinski definition) is 0. The highest BCUT2D eigenvalue weighted by Crippen LogP contribution is 2.50. The topological polar surface area (TPSA) is 3.24 Å². The predicted molar refractivity (Wildman–Crippen MR) is 198 cm³/mol. The molecule has 0 saturated carbocycles. The van der Waals surface area contributed by atoms with Crippen LogP contribution in [0, 0.1) is 0 Å². The molecule has 7 aromatic carbocycles. The number of thiophene rings is 2. The summed E-state index contributed by atoms with van der Waals surface area (Å²) in [6.45, 7) is 0. The van der Waals surface area contributed by atoms with E-state index in [0.29, 0.717) is 0 Å². The van der Waals surface area contributed by atoms with Crippen molar-refractivity contribution in [2.45, 2.75) is 0 Å². The normalized spacial score (nSPS) is 11.6. The second-order valence-corrected chi connectivity index (χ2v) is 13.4. The van der Waals surface area contributed by atoms with E-state index in [9.17, 15) is 0 Å². The molecule has 0 saturated heterocycles. The fourth-order valence-electron chi connectivity index (χ4n) is 6.70. The third-order valence-electron chi connectivity index (χ3n) is 8.69. The molecule has 0 amide bonds. The Bertz CT molecular complexity index is 2450. The molecule has 0 radical (unpaired) electrons. The van der Waals surface area contributed by atoms with Gasteiger partial charge in [-0.1, -0.05) is 121 Å². The molecule has 0 N–H and O–H groups in total. The van der Waals surface area contributed by atoms with Gasteiger partial charge < -0.3 is 4.90 Å². The molecule has 2 aromatic heterocycles. The van der Waals surface area contributed by atoms with Gasteiger partial charge in [0.05, 0.1) is 5.69 Å². The summed E-state index contributed by atoms with van der Waals surface area (Å²) in [4.78, 5) is 2.40. The summed E-state index contributed by atoms with van der Waals surface area (Å²) < 4.78 is 5.28. The lowest BCUT2D eigenvalue weighted by molar-refractivity contribution is 1.30. The van der Waals surface area contributed by atoms with Crippen molar-refractivity contribution in [3.05, 3.63) is 164 Å². The van der Waals surface area contributed by atoms with Crippen LogP contribution >= 0.6 is 22.7 Å². The highest BCUT2D eigenvalue weighted by atomic mass is 32.1. The first kappa shape index (κ1) is 26.2. The SMILES string of the molecule is c1ccc(N(c2ccccc2)c2ccc(-c3ccccc3-c3cccc4c3sc3ccccc34)c3sc4ccccc4c23)cc1. The molecular formula is C42H27NS2. The minimum atomic E-state index is 1.14. The fourth-order valence-corrected chi connectivity index (χ4v) is 9.18. The van der Waals surface area contributed by atoms with E-state index < -0.39 is 0 Å². The molecular weight excluding hydrogens is 583 g/mol. The Kier molecular flexibility index (Phi) is 6.26. The second kappa shape index (κ2) is 10.7. The van der Waals surface area contributed by atoms with E-state index in [4.69, 9.17) is 0 Å². The average Bonchev–Trinajstić information content (AvgIpc) is 3.69. The molecule has 1 nitrogen and oxygen atoms in total. The van der Waals surface area contributed by atoms with E-state index in [2.05, 4.69) is 169 Å². The van der Waals surface area contributed by atoms with Crippen molar-refractivity contribution in [1.29, 1.82) is 0 Å². The van der Waals surface area contributed by atoms with E-state index in [1.807, 2.05) is 22.7 Å². The van der Waals surface area contributed by atoms with E-state index in [1.54, 1.807) is 0 Å². The van der Waals surface area contributed by atoms with Crippen LogP contribution in [-0.2, 0) is 0 Å². The zero-order valence-corrected chi connectivity index (χ0v) is 26.0. The van der Waals surface area contributed by atoms with Crippen molar-refractivity contribution in [2.75, 3.05) is 4.90 Å². The van der Waals surface area contributed by atoms with E-state index >= 15 is 0 Å². The van der Waals surface area contributed by atoms with Crippen LogP contribution in [0.1, 0.15) is 0 Å². The molecule has 45 heavy (non-hydrogen) atoms. The summed E-state index contributed by atoms with van der Waals surface area (Å²) in [6.07, 6.45) is 0. The van der Waals surface area contributed by atoms with Gasteiger partial charge in [0, 0.05) is 62.8 Å². The van der Waals surface area contributed by atoms with Crippen LogP contribution in [-0.4, -0.2) is 0 Å². The van der Waals surface area contributed by atoms with E-state index in [0.717, 1.165) is 11.4 Å². The molecule has 0 aliphatic rings. The number of para-hydroxylation sites is 2. The second-order valence-electron chi connectivity index (χ2n) is 11.3. The van der Waals surface area contributed by atoms with Gasteiger partial charge in [-0.2, -0.15) is 0 Å². The summed E-state index contributed by atoms with van der Waals surface area (Å²) in [5.74, 6) is 0. The number of benzene rings is 7. The zero-order chi connectivity index (χ0) is 29.7. The molecule has 9 aromatic rings. The minimum absolute atomic E-state index is 1.14. The van der Waals surface area contributed by atoms with Crippen molar-refractivity contribution in [3.8, 4) is 22.3 Å². The first-order valence-electron chi connectivity index (χ1n) is 15.2. The Balaban J connectivity index is 1.33. The maximum atomic E-state index is 2.40. The smallest absolute Gasteiger partial charge is 0.0555 e. The number of fused-ring (bicyclic) bond motifs is 6. The molecule has 0 aliphatic carbocycles. The van der Waals surface area contributed by atoms with Crippen LogP contribution in [0.5, 0.6) is 0 Å². The number of anilines is 3. The number of rotatable bonds is 5. The Labute approximate surface area is 269 Å². The lowest BCUT2D eigenvalue weighted by atomic mass is 9.92. The molecule has 212 valence electrons. The first-order chi connectivity index (χ1) is 22.3. The van der Waals surface area contributed by atoms with Crippen LogP contribution < -0.4 is 4.90 Å². The Morgan fingerprint density at radius 2 is 0.822 bits per heavy atom. The third kappa shape index (κ3) is 4.27. The quantitative estimate of drug-likeness (QED) is 0.188. The molecule has 0 bridgehead atoms. The van der Waals surface area contributed by atoms with Crippen LogP contribution in [0.3, 0.4) is 0 Å². The zero-order valence-electron chi connectivity index (χ0n) is 24.4. The van der Waals surface area contributed by atoms with E-state index in [1.165, 1.54) is 68.3 Å². The van der Waals surface area contributed by atoms with Crippen molar-refractivity contribution >= 4 is 80.1 Å². The van der Waals surface area contributed by atoms with Gasteiger partial charge >= 0.3 is 0 Å². The van der Waals surface area contributed by atoms with Gasteiger partial charge in [0.2, 0.25) is 0 Å². The van der Waals surface area contributed by atoms with Gasteiger partial charge in [0.1, 0.15) is 0 Å². The average molecular weight is 610 g/mol. The standard InChI is InChI=1S/C42H27NS2/c1-3-14-28(15-4-1)43(29-16-5-2-6-17-29)37-27-26-35(42-40(37)36-21-10-12-25-39(36)45-42)31-19-8-7-18-30(31)33-22-13-23-34-32-20-9-11-24-38(32)44-41(33)34/h1-27H. The Hall–Kier alpha value is -5.22. The van der Waals surface area contributed by atoms with Gasteiger partial charge in [-0.05, 0) is 53.6 Å². The molecule has 0 aliphatic heterocycles. The molecule has 9 rings (SSSR count). The third-order valence-corrected chi connectivity index (χ3v) is 11.1. The largest absolute Gasteiger partial charge is 0.310 e. The molecule has 3 heteroatoms. The fraction of sp³-hybridized carbons (Fsp3) is 0. The van der Waals surface area contributed by atoms with Crippen LogP contribution in [0.4, 0.5) is 17.1 Å². The predicted octanol–water partition coefficient (Wildman–Crippen LogP) is 13.2. The van der Waals surface area contributed by atoms with Crippen molar-refractivity contribution in [2.24, 2.45) is 0 Å². The number of nitrogens with zero attached hydrogens (tertiary/aromatic N) is 1. The molecule has 0 fully saturated rings. The van der Waals surface area contributed by atoms with Crippen molar-refractivity contribution in [1.82, 2.24) is 0 Å². The minimum Gasteiger partial charge on any atom is -0.310 e. The number of hydrogen-bond acceptors (Lipinski definition) is 3. The maximum Gasteiger partial charge on any atom is 0.0555 e. The van der Waals surface area contributed by atoms with Crippen LogP contribution in [0.25, 0.3) is 62.6 Å². The van der Waals surface area contributed by atoms with Gasteiger partial charge in [-0.15, -0.1) is 22.7 Å². The molecule has 0 atom stereocenters. The lowest BCUT2D eigenvalue weighted by Gasteiger charge is -2.27. The molecule has 2 heterocycles. The van der Waals surface area contributed by atoms with Gasteiger partial charge in [0.15, 0.2) is 0 Å². The Morgan fingerprint density at radius 1 is 0.333 bits per heavy atom. The monoisotopic (exact) mass is 609 g/mol. The molecule has 0 unspecified atom stereocenters. The Morgan fingerprint density at radius 3 is 1.51 bits per heavy atom. The van der Waals surface area contributed by atoms with Crippen molar-refractivity contribution in [3.63, 3.8) is 0 Å². The van der Waals surface area contributed by atoms with E-state index in [-0.39, 0.29) is 0 Å². The van der Waals surface area contributed by atoms with Gasteiger partial charge in [-0.3, -0.25) is 0 Å². The summed E-state index contributed by atoms with van der Waals surface area (Å²) in [6, 6.07) is 59.4. The highest BCUT2D eigenvalue weighted by molar-refractivity contribution is 7.27. The van der Waals surface area contributed by atoms with Crippen LogP contribution in [0.2, 0.25) is 0 Å². The summed E-state index contributed by atoms with van der Waals surface area (Å²) in [5, 5.41) is 5.23. The first-order valence-corrected chi connectivity index (χ1v) is 16.8. The highest BCUT2D eigenvalue weighted by Gasteiger charge is 2.22. The summed E-state index contributed by atoms with van der Waals surface area (Å²) >= 11 is 3.78. The van der Waals surface area contributed by atoms with Crippen molar-refractivity contribution < 1.29 is 0 Å². The maximum absolute atomic E-state index is 2.40. The summed E-state index contributed by atoms with van der Waals surface area (Å²) in [7, 11) is 0.